The standard InChI is InChI=1S/C15H14ClN3S/c1-11-6-8-13(9-7-11)18-15(20)19-17-10-12-4-2-3-5-14(12)16/h2-10H,1H3,(H2,18,19,20)/b17-10+. The van der Waals surface area contributed by atoms with Crippen LogP contribution in [0.3, 0.4) is 0 Å². The molecule has 2 aromatic carbocycles. The molecule has 0 bridgehead atoms. The van der Waals surface area contributed by atoms with Gasteiger partial charge < -0.3 is 5.32 Å². The highest BCUT2D eigenvalue weighted by molar-refractivity contribution is 7.80. The van der Waals surface area contributed by atoms with Crippen LogP contribution in [-0.4, -0.2) is 11.3 Å². The van der Waals surface area contributed by atoms with E-state index < -0.39 is 0 Å². The number of nitrogens with zero attached hydrogens (tertiary/aromatic N) is 1. The second kappa shape index (κ2) is 7.03. The first-order chi connectivity index (χ1) is 9.65. The number of hydrogen-bond donors (Lipinski definition) is 2. The van der Waals surface area contributed by atoms with Gasteiger partial charge >= 0.3 is 0 Å². The molecule has 102 valence electrons. The van der Waals surface area contributed by atoms with Gasteiger partial charge in [0.05, 0.1) is 6.21 Å². The second-order valence-electron chi connectivity index (χ2n) is 4.21. The van der Waals surface area contributed by atoms with Gasteiger partial charge in [-0.15, -0.1) is 0 Å². The number of anilines is 1. The van der Waals surface area contributed by atoms with E-state index in [4.69, 9.17) is 23.8 Å². The maximum Gasteiger partial charge on any atom is 0.191 e. The van der Waals surface area contributed by atoms with E-state index in [-0.39, 0.29) is 0 Å². The Morgan fingerprint density at radius 2 is 1.85 bits per heavy atom. The van der Waals surface area contributed by atoms with Gasteiger partial charge in [-0.3, -0.25) is 5.43 Å². The molecule has 0 aliphatic heterocycles. The molecular formula is C15H14ClN3S. The van der Waals surface area contributed by atoms with Gasteiger partial charge in [-0.25, -0.2) is 0 Å². The highest BCUT2D eigenvalue weighted by Gasteiger charge is 1.96. The number of rotatable bonds is 3. The number of hydrazone groups is 1. The predicted octanol–water partition coefficient (Wildman–Crippen LogP) is 3.97. The van der Waals surface area contributed by atoms with Crippen molar-refractivity contribution in [2.45, 2.75) is 6.92 Å². The molecule has 5 heteroatoms. The molecule has 0 unspecified atom stereocenters. The molecule has 20 heavy (non-hydrogen) atoms. The zero-order valence-corrected chi connectivity index (χ0v) is 12.5. The topological polar surface area (TPSA) is 36.4 Å². The summed E-state index contributed by atoms with van der Waals surface area (Å²) in [6.45, 7) is 2.04. The van der Waals surface area contributed by atoms with Gasteiger partial charge in [0.15, 0.2) is 5.11 Å². The summed E-state index contributed by atoms with van der Waals surface area (Å²) < 4.78 is 0. The molecule has 0 amide bonds. The fourth-order valence-corrected chi connectivity index (χ4v) is 1.89. The number of halogens is 1. The number of hydrogen-bond acceptors (Lipinski definition) is 2. The molecule has 2 N–H and O–H groups in total. The van der Waals surface area contributed by atoms with Crippen LogP contribution in [0.15, 0.2) is 53.6 Å². The van der Waals surface area contributed by atoms with Crippen molar-refractivity contribution in [3.8, 4) is 0 Å². The lowest BCUT2D eigenvalue weighted by Crippen LogP contribution is -2.23. The second-order valence-corrected chi connectivity index (χ2v) is 5.03. The Morgan fingerprint density at radius 1 is 1.15 bits per heavy atom. The lowest BCUT2D eigenvalue weighted by molar-refractivity contribution is 1.05. The summed E-state index contributed by atoms with van der Waals surface area (Å²) >= 11 is 11.2. The van der Waals surface area contributed by atoms with Crippen LogP contribution in [0.25, 0.3) is 0 Å². The summed E-state index contributed by atoms with van der Waals surface area (Å²) in [5.41, 5.74) is 5.70. The van der Waals surface area contributed by atoms with Gasteiger partial charge in [0.1, 0.15) is 0 Å². The van der Waals surface area contributed by atoms with E-state index in [9.17, 15) is 0 Å². The molecule has 0 heterocycles. The summed E-state index contributed by atoms with van der Waals surface area (Å²) in [6, 6.07) is 15.4. The van der Waals surface area contributed by atoms with E-state index in [0.29, 0.717) is 10.1 Å². The molecule has 0 radical (unpaired) electrons. The number of nitrogens with one attached hydrogen (secondary N) is 2. The largest absolute Gasteiger partial charge is 0.331 e. The van der Waals surface area contributed by atoms with Crippen molar-refractivity contribution in [3.63, 3.8) is 0 Å². The Labute approximate surface area is 128 Å². The van der Waals surface area contributed by atoms with Crippen molar-refractivity contribution in [1.82, 2.24) is 5.43 Å². The quantitative estimate of drug-likeness (QED) is 0.512. The van der Waals surface area contributed by atoms with Crippen molar-refractivity contribution >= 4 is 40.8 Å². The van der Waals surface area contributed by atoms with E-state index in [1.54, 1.807) is 6.21 Å². The molecule has 2 aromatic rings. The average Bonchev–Trinajstić information content (AvgIpc) is 2.43. The normalized spacial score (nSPS) is 10.5. The Kier molecular flexibility index (Phi) is 5.09. The van der Waals surface area contributed by atoms with Crippen molar-refractivity contribution in [1.29, 1.82) is 0 Å². The Bertz CT molecular complexity index is 623. The van der Waals surface area contributed by atoms with E-state index in [1.165, 1.54) is 5.56 Å². The SMILES string of the molecule is Cc1ccc(NC(=S)N/N=C/c2ccccc2Cl)cc1. The number of aryl methyl sites for hydroxylation is 1. The molecule has 2 rings (SSSR count). The van der Waals surface area contributed by atoms with E-state index >= 15 is 0 Å². The molecule has 0 fully saturated rings. The predicted molar refractivity (Wildman–Crippen MR) is 89.6 cm³/mol. The van der Waals surface area contributed by atoms with Gasteiger partial charge in [-0.2, -0.15) is 5.10 Å². The van der Waals surface area contributed by atoms with Gasteiger partial charge in [-0.1, -0.05) is 47.5 Å². The summed E-state index contributed by atoms with van der Waals surface area (Å²) in [4.78, 5) is 0. The van der Waals surface area contributed by atoms with Crippen molar-refractivity contribution in [2.24, 2.45) is 5.10 Å². The first-order valence-electron chi connectivity index (χ1n) is 6.06. The molecule has 0 aliphatic rings. The minimum atomic E-state index is 0.428. The van der Waals surface area contributed by atoms with Gasteiger partial charge in [0.25, 0.3) is 0 Å². The Hall–Kier alpha value is -1.91. The van der Waals surface area contributed by atoms with Crippen LogP contribution in [0, 0.1) is 6.92 Å². The maximum absolute atomic E-state index is 6.02. The first kappa shape index (κ1) is 14.5. The maximum atomic E-state index is 6.02. The van der Waals surface area contributed by atoms with Crippen LogP contribution in [0.4, 0.5) is 5.69 Å². The van der Waals surface area contributed by atoms with E-state index in [0.717, 1.165) is 11.3 Å². The van der Waals surface area contributed by atoms with Crippen LogP contribution >= 0.6 is 23.8 Å². The number of thiocarbonyl (C=S) groups is 1. The summed E-state index contributed by atoms with van der Waals surface area (Å²) in [7, 11) is 0. The van der Waals surface area contributed by atoms with Crippen molar-refractivity contribution in [3.05, 3.63) is 64.7 Å². The van der Waals surface area contributed by atoms with Crippen LogP contribution in [0.5, 0.6) is 0 Å². The average molecular weight is 304 g/mol. The van der Waals surface area contributed by atoms with Gasteiger partial charge in [0, 0.05) is 16.3 Å². The molecule has 0 aliphatic carbocycles. The minimum Gasteiger partial charge on any atom is -0.331 e. The fourth-order valence-electron chi connectivity index (χ4n) is 1.54. The lowest BCUT2D eigenvalue weighted by Gasteiger charge is -2.07. The third kappa shape index (κ3) is 4.33. The van der Waals surface area contributed by atoms with E-state index in [2.05, 4.69) is 15.8 Å². The smallest absolute Gasteiger partial charge is 0.191 e. The lowest BCUT2D eigenvalue weighted by atomic mass is 10.2. The number of benzene rings is 2. The van der Waals surface area contributed by atoms with E-state index in [1.807, 2.05) is 55.5 Å². The Balaban J connectivity index is 1.89. The first-order valence-corrected chi connectivity index (χ1v) is 6.85. The molecule has 0 spiro atoms. The van der Waals surface area contributed by atoms with Crippen molar-refractivity contribution < 1.29 is 0 Å². The molecule has 0 atom stereocenters. The zero-order chi connectivity index (χ0) is 14.4. The van der Waals surface area contributed by atoms with Crippen molar-refractivity contribution in [2.75, 3.05) is 5.32 Å². The molecular weight excluding hydrogens is 290 g/mol. The molecule has 0 saturated heterocycles. The zero-order valence-electron chi connectivity index (χ0n) is 10.9. The molecule has 0 aromatic heterocycles. The monoisotopic (exact) mass is 303 g/mol. The Morgan fingerprint density at radius 3 is 2.55 bits per heavy atom. The minimum absolute atomic E-state index is 0.428. The van der Waals surface area contributed by atoms with Crippen LogP contribution in [0.1, 0.15) is 11.1 Å². The van der Waals surface area contributed by atoms with Gasteiger partial charge in [-0.05, 0) is 37.3 Å². The summed E-state index contributed by atoms with van der Waals surface area (Å²) in [6.07, 6.45) is 1.63. The van der Waals surface area contributed by atoms with Crippen LogP contribution in [0.2, 0.25) is 5.02 Å². The fraction of sp³-hybridized carbons (Fsp3) is 0.0667. The van der Waals surface area contributed by atoms with Crippen LogP contribution in [-0.2, 0) is 0 Å². The highest BCUT2D eigenvalue weighted by Crippen LogP contribution is 2.12. The molecule has 0 saturated carbocycles. The summed E-state index contributed by atoms with van der Waals surface area (Å²) in [5, 5.41) is 8.17. The van der Waals surface area contributed by atoms with Crippen LogP contribution < -0.4 is 10.7 Å². The third-order valence-corrected chi connectivity index (χ3v) is 3.12. The molecule has 3 nitrogen and oxygen atoms in total. The summed E-state index contributed by atoms with van der Waals surface area (Å²) in [5.74, 6) is 0. The van der Waals surface area contributed by atoms with Gasteiger partial charge in [0.2, 0.25) is 0 Å². The third-order valence-electron chi connectivity index (χ3n) is 2.58. The highest BCUT2D eigenvalue weighted by atomic mass is 35.5.